The van der Waals surface area contributed by atoms with Crippen molar-refractivity contribution >= 4 is 29.4 Å². The number of alkyl halides is 3. The first kappa shape index (κ1) is 17.0. The fraction of sp³-hybridized carbons (Fsp3) is 0.0625. The number of halogens is 4. The molecule has 1 aliphatic rings. The summed E-state index contributed by atoms with van der Waals surface area (Å²) in [5.74, 6) is -2.93. The van der Waals surface area contributed by atoms with Crippen LogP contribution in [-0.2, 0) is 11.0 Å². The van der Waals surface area contributed by atoms with Gasteiger partial charge >= 0.3 is 12.1 Å². The van der Waals surface area contributed by atoms with E-state index < -0.39 is 40.1 Å². The van der Waals surface area contributed by atoms with Crippen molar-refractivity contribution in [2.75, 3.05) is 0 Å². The van der Waals surface area contributed by atoms with Crippen LogP contribution in [0.1, 0.15) is 36.6 Å². The second-order valence-corrected chi connectivity index (χ2v) is 5.43. The first-order valence-corrected chi connectivity index (χ1v) is 7.15. The third kappa shape index (κ3) is 2.96. The largest absolute Gasteiger partial charge is 0.416 e. The Morgan fingerprint density at radius 1 is 1.00 bits per heavy atom. The SMILES string of the molecule is O=C(ON1C(=O)c2ccccc2C1=O)c1ccc(C(F)(F)F)cc1Cl. The van der Waals surface area contributed by atoms with E-state index in [1.165, 1.54) is 24.3 Å². The maximum Gasteiger partial charge on any atom is 0.416 e. The normalized spacial score (nSPS) is 13.8. The van der Waals surface area contributed by atoms with Crippen molar-refractivity contribution in [3.63, 3.8) is 0 Å². The highest BCUT2D eigenvalue weighted by Crippen LogP contribution is 2.32. The summed E-state index contributed by atoms with van der Waals surface area (Å²) in [6.45, 7) is 0. The number of hydrogen-bond acceptors (Lipinski definition) is 4. The lowest BCUT2D eigenvalue weighted by Crippen LogP contribution is -2.32. The zero-order valence-electron chi connectivity index (χ0n) is 12.1. The van der Waals surface area contributed by atoms with Crippen LogP contribution < -0.4 is 0 Å². The Hall–Kier alpha value is -2.87. The molecule has 0 spiro atoms. The maximum atomic E-state index is 12.6. The molecule has 0 bridgehead atoms. The average Bonchev–Trinajstić information content (AvgIpc) is 2.79. The minimum Gasteiger partial charge on any atom is -0.324 e. The van der Waals surface area contributed by atoms with Gasteiger partial charge in [0.1, 0.15) is 0 Å². The average molecular weight is 370 g/mol. The van der Waals surface area contributed by atoms with Gasteiger partial charge in [-0.15, -0.1) is 0 Å². The molecule has 3 rings (SSSR count). The highest BCUT2D eigenvalue weighted by atomic mass is 35.5. The smallest absolute Gasteiger partial charge is 0.324 e. The molecule has 0 aromatic heterocycles. The van der Waals surface area contributed by atoms with E-state index in [1.54, 1.807) is 0 Å². The first-order chi connectivity index (χ1) is 11.7. The van der Waals surface area contributed by atoms with Crippen LogP contribution in [-0.4, -0.2) is 22.8 Å². The number of benzene rings is 2. The van der Waals surface area contributed by atoms with E-state index in [4.69, 9.17) is 16.4 Å². The molecule has 5 nitrogen and oxygen atoms in total. The second-order valence-electron chi connectivity index (χ2n) is 5.02. The van der Waals surface area contributed by atoms with Gasteiger partial charge in [-0.3, -0.25) is 9.59 Å². The number of amides is 2. The molecule has 1 heterocycles. The fourth-order valence-corrected chi connectivity index (χ4v) is 2.50. The monoisotopic (exact) mass is 369 g/mol. The van der Waals surface area contributed by atoms with Crippen LogP contribution >= 0.6 is 11.6 Å². The number of fused-ring (bicyclic) bond motifs is 1. The lowest BCUT2D eigenvalue weighted by atomic mass is 10.1. The third-order valence-corrected chi connectivity index (χ3v) is 3.76. The molecule has 0 radical (unpaired) electrons. The van der Waals surface area contributed by atoms with Gasteiger partial charge in [-0.05, 0) is 30.3 Å². The van der Waals surface area contributed by atoms with Gasteiger partial charge in [0.2, 0.25) is 0 Å². The summed E-state index contributed by atoms with van der Waals surface area (Å²) in [5, 5.41) is -0.266. The molecule has 2 amide bonds. The molecule has 0 saturated carbocycles. The van der Waals surface area contributed by atoms with Crippen molar-refractivity contribution in [3.8, 4) is 0 Å². The zero-order valence-corrected chi connectivity index (χ0v) is 12.9. The van der Waals surface area contributed by atoms with Crippen LogP contribution in [0.25, 0.3) is 0 Å². The van der Waals surface area contributed by atoms with Crippen molar-refractivity contribution in [2.24, 2.45) is 0 Å². The molecular formula is C16H7ClF3NO4. The summed E-state index contributed by atoms with van der Waals surface area (Å²) in [4.78, 5) is 41.0. The Labute approximate surface area is 143 Å². The quantitative estimate of drug-likeness (QED) is 0.757. The van der Waals surface area contributed by atoms with Crippen LogP contribution in [0.15, 0.2) is 42.5 Å². The van der Waals surface area contributed by atoms with E-state index >= 15 is 0 Å². The van der Waals surface area contributed by atoms with Gasteiger partial charge in [-0.1, -0.05) is 28.8 Å². The molecular weight excluding hydrogens is 363 g/mol. The Balaban J connectivity index is 1.85. The molecule has 1 aliphatic heterocycles. The van der Waals surface area contributed by atoms with Crippen molar-refractivity contribution in [1.29, 1.82) is 0 Å². The van der Waals surface area contributed by atoms with Gasteiger partial charge in [0.25, 0.3) is 11.8 Å². The van der Waals surface area contributed by atoms with Gasteiger partial charge in [0.05, 0.1) is 27.3 Å². The van der Waals surface area contributed by atoms with Crippen LogP contribution in [0.5, 0.6) is 0 Å². The van der Waals surface area contributed by atoms with Crippen LogP contribution in [0.3, 0.4) is 0 Å². The third-order valence-electron chi connectivity index (χ3n) is 3.45. The predicted molar refractivity (Wildman–Crippen MR) is 78.8 cm³/mol. The molecule has 0 fully saturated rings. The van der Waals surface area contributed by atoms with Crippen molar-refractivity contribution in [2.45, 2.75) is 6.18 Å². The lowest BCUT2D eigenvalue weighted by molar-refractivity contribution is -0.137. The summed E-state index contributed by atoms with van der Waals surface area (Å²) in [6, 6.07) is 7.84. The van der Waals surface area contributed by atoms with Crippen LogP contribution in [0.2, 0.25) is 5.02 Å². The first-order valence-electron chi connectivity index (χ1n) is 6.77. The second kappa shape index (κ2) is 5.89. The molecule has 25 heavy (non-hydrogen) atoms. The predicted octanol–water partition coefficient (Wildman–Crippen LogP) is 3.73. The number of carbonyl (C=O) groups is 3. The van der Waals surface area contributed by atoms with E-state index in [-0.39, 0.29) is 16.2 Å². The van der Waals surface area contributed by atoms with Gasteiger partial charge in [-0.2, -0.15) is 13.2 Å². The topological polar surface area (TPSA) is 63.7 Å². The maximum absolute atomic E-state index is 12.6. The van der Waals surface area contributed by atoms with Gasteiger partial charge in [0, 0.05) is 0 Å². The van der Waals surface area contributed by atoms with E-state index in [0.29, 0.717) is 12.1 Å². The summed E-state index contributed by atoms with van der Waals surface area (Å²) in [5.41, 5.74) is -1.35. The summed E-state index contributed by atoms with van der Waals surface area (Å²) < 4.78 is 37.8. The molecule has 0 N–H and O–H groups in total. The van der Waals surface area contributed by atoms with E-state index in [1.807, 2.05) is 0 Å². The van der Waals surface area contributed by atoms with E-state index in [0.717, 1.165) is 6.07 Å². The minimum atomic E-state index is -4.63. The summed E-state index contributed by atoms with van der Waals surface area (Å²) in [7, 11) is 0. The minimum absolute atomic E-state index is 0.0545. The Kier molecular flexibility index (Phi) is 4.00. The molecule has 0 atom stereocenters. The van der Waals surface area contributed by atoms with Gasteiger partial charge in [-0.25, -0.2) is 4.79 Å². The van der Waals surface area contributed by atoms with Crippen LogP contribution in [0, 0.1) is 0 Å². The molecule has 128 valence electrons. The molecule has 9 heteroatoms. The highest BCUT2D eigenvalue weighted by molar-refractivity contribution is 6.33. The number of hydroxylamine groups is 2. The highest BCUT2D eigenvalue weighted by Gasteiger charge is 2.39. The number of imide groups is 1. The zero-order chi connectivity index (χ0) is 18.4. The lowest BCUT2D eigenvalue weighted by Gasteiger charge is -2.14. The Morgan fingerprint density at radius 3 is 2.04 bits per heavy atom. The van der Waals surface area contributed by atoms with Crippen molar-refractivity contribution in [3.05, 3.63) is 69.7 Å². The standard InChI is InChI=1S/C16H7ClF3NO4/c17-12-7-8(16(18,19)20)5-6-11(12)15(24)25-21-13(22)9-3-1-2-4-10(9)14(21)23/h1-7H. The van der Waals surface area contributed by atoms with Crippen molar-refractivity contribution in [1.82, 2.24) is 5.06 Å². The molecule has 0 aliphatic carbocycles. The number of carbonyl (C=O) groups excluding carboxylic acids is 3. The molecule has 0 saturated heterocycles. The fourth-order valence-electron chi connectivity index (χ4n) is 2.24. The van der Waals surface area contributed by atoms with E-state index in [9.17, 15) is 27.6 Å². The van der Waals surface area contributed by atoms with Crippen molar-refractivity contribution < 1.29 is 32.4 Å². The Morgan fingerprint density at radius 2 is 1.56 bits per heavy atom. The number of rotatable bonds is 2. The molecule has 0 unspecified atom stereocenters. The molecule has 2 aromatic carbocycles. The summed E-state index contributed by atoms with van der Waals surface area (Å²) >= 11 is 5.69. The van der Waals surface area contributed by atoms with Gasteiger partial charge < -0.3 is 4.84 Å². The van der Waals surface area contributed by atoms with Gasteiger partial charge in [0.15, 0.2) is 0 Å². The molecule has 2 aromatic rings. The van der Waals surface area contributed by atoms with E-state index in [2.05, 4.69) is 0 Å². The van der Waals surface area contributed by atoms with Crippen LogP contribution in [0.4, 0.5) is 13.2 Å². The number of hydrogen-bond donors (Lipinski definition) is 0. The number of nitrogens with zero attached hydrogens (tertiary/aromatic N) is 1. The summed E-state index contributed by atoms with van der Waals surface area (Å²) in [6.07, 6.45) is -4.63. The Bertz CT molecular complexity index is 875.